The number of aliphatic hydroxyl groups excluding tert-OH is 1. The highest BCUT2D eigenvalue weighted by atomic mass is 16.5. The fraction of sp³-hybridized carbons (Fsp3) is 0.429. The summed E-state index contributed by atoms with van der Waals surface area (Å²) in [6, 6.07) is 12.8. The van der Waals surface area contributed by atoms with Crippen molar-refractivity contribution in [3.05, 3.63) is 70.3 Å². The molecule has 1 amide bonds. The highest BCUT2D eigenvalue weighted by molar-refractivity contribution is 6.46. The van der Waals surface area contributed by atoms with E-state index in [9.17, 15) is 14.7 Å². The van der Waals surface area contributed by atoms with Crippen LogP contribution in [0.1, 0.15) is 74.2 Å². The third-order valence-electron chi connectivity index (χ3n) is 6.56. The molecule has 1 fully saturated rings. The summed E-state index contributed by atoms with van der Waals surface area (Å²) in [7, 11) is 0. The van der Waals surface area contributed by atoms with Crippen molar-refractivity contribution in [1.82, 2.24) is 4.90 Å². The van der Waals surface area contributed by atoms with Crippen LogP contribution in [0, 0.1) is 0 Å². The number of likely N-dealkylation sites (tertiary alicyclic amines) is 1. The molecule has 0 spiro atoms. The Balaban J connectivity index is 1.80. The van der Waals surface area contributed by atoms with E-state index in [1.165, 1.54) is 17.5 Å². The summed E-state index contributed by atoms with van der Waals surface area (Å²) >= 11 is 0. The van der Waals surface area contributed by atoms with Crippen molar-refractivity contribution >= 4 is 17.4 Å². The number of hydrogen-bond acceptors (Lipinski definition) is 4. The van der Waals surface area contributed by atoms with Gasteiger partial charge in [-0.05, 0) is 73.4 Å². The van der Waals surface area contributed by atoms with Crippen LogP contribution in [0.15, 0.2) is 48.0 Å². The predicted octanol–water partition coefficient (Wildman–Crippen LogP) is 5.58. The van der Waals surface area contributed by atoms with Crippen molar-refractivity contribution in [2.24, 2.45) is 0 Å². The number of aryl methyl sites for hydroxylation is 2. The first-order valence-corrected chi connectivity index (χ1v) is 12.2. The molecule has 0 bridgehead atoms. The molecule has 2 aromatic carbocycles. The average molecular weight is 448 g/mol. The number of nitrogens with zero attached hydrogens (tertiary/aromatic N) is 1. The molecule has 2 aliphatic rings. The van der Waals surface area contributed by atoms with Crippen molar-refractivity contribution in [3.63, 3.8) is 0 Å². The monoisotopic (exact) mass is 447 g/mol. The van der Waals surface area contributed by atoms with Gasteiger partial charge in [-0.3, -0.25) is 9.59 Å². The quantitative estimate of drug-likeness (QED) is 0.326. The fourth-order valence-electron chi connectivity index (χ4n) is 4.82. The van der Waals surface area contributed by atoms with E-state index in [1.807, 2.05) is 49.4 Å². The molecule has 1 aliphatic heterocycles. The van der Waals surface area contributed by atoms with Gasteiger partial charge in [0.2, 0.25) is 0 Å². The number of ketones is 1. The Bertz CT molecular complexity index is 1070. The summed E-state index contributed by atoms with van der Waals surface area (Å²) in [6.45, 7) is 5.15. The first kappa shape index (κ1) is 23.1. The van der Waals surface area contributed by atoms with Gasteiger partial charge in [-0.2, -0.15) is 0 Å². The summed E-state index contributed by atoms with van der Waals surface area (Å²) in [5.74, 6) is -0.561. The molecular formula is C28H33NO4. The average Bonchev–Trinajstić information content (AvgIpc) is 3.10. The van der Waals surface area contributed by atoms with E-state index in [4.69, 9.17) is 4.74 Å². The molecule has 1 unspecified atom stereocenters. The van der Waals surface area contributed by atoms with Gasteiger partial charge in [-0.25, -0.2) is 0 Å². The topological polar surface area (TPSA) is 66.8 Å². The van der Waals surface area contributed by atoms with Gasteiger partial charge in [-0.15, -0.1) is 0 Å². The lowest BCUT2D eigenvalue weighted by Crippen LogP contribution is -2.30. The Hall–Kier alpha value is -3.08. The molecule has 0 saturated carbocycles. The van der Waals surface area contributed by atoms with Crippen LogP contribution in [0.5, 0.6) is 5.75 Å². The van der Waals surface area contributed by atoms with Crippen LogP contribution in [-0.2, 0) is 22.4 Å². The number of benzene rings is 2. The molecule has 1 heterocycles. The minimum absolute atomic E-state index is 0.0920. The van der Waals surface area contributed by atoms with Gasteiger partial charge in [-0.1, -0.05) is 44.5 Å². The summed E-state index contributed by atoms with van der Waals surface area (Å²) in [4.78, 5) is 27.8. The number of aliphatic hydroxyl groups is 1. The number of Topliss-reactive ketones (excluding diaryl/α,β-unsaturated/α-hetero) is 1. The van der Waals surface area contributed by atoms with Crippen LogP contribution >= 0.6 is 0 Å². The number of rotatable bonds is 8. The van der Waals surface area contributed by atoms with Gasteiger partial charge in [0.25, 0.3) is 11.7 Å². The zero-order valence-electron chi connectivity index (χ0n) is 19.6. The Morgan fingerprint density at radius 1 is 1.03 bits per heavy atom. The molecule has 0 radical (unpaired) electrons. The Morgan fingerprint density at radius 3 is 2.58 bits per heavy atom. The molecule has 1 aliphatic carbocycles. The zero-order chi connectivity index (χ0) is 23.4. The number of carbonyl (C=O) groups is 2. The molecule has 5 nitrogen and oxygen atoms in total. The lowest BCUT2D eigenvalue weighted by atomic mass is 9.88. The predicted molar refractivity (Wildman–Crippen MR) is 129 cm³/mol. The van der Waals surface area contributed by atoms with E-state index in [-0.39, 0.29) is 11.3 Å². The van der Waals surface area contributed by atoms with Crippen LogP contribution in [-0.4, -0.2) is 34.8 Å². The lowest BCUT2D eigenvalue weighted by Gasteiger charge is -2.25. The van der Waals surface area contributed by atoms with Crippen molar-refractivity contribution in [3.8, 4) is 5.75 Å². The van der Waals surface area contributed by atoms with Gasteiger partial charge in [0, 0.05) is 12.1 Å². The van der Waals surface area contributed by atoms with Gasteiger partial charge < -0.3 is 14.7 Å². The third kappa shape index (κ3) is 4.68. The van der Waals surface area contributed by atoms with E-state index in [0.29, 0.717) is 24.5 Å². The highest BCUT2D eigenvalue weighted by Gasteiger charge is 2.45. The molecule has 1 N–H and O–H groups in total. The maximum Gasteiger partial charge on any atom is 0.295 e. The normalized spacial score (nSPS) is 19.6. The smallest absolute Gasteiger partial charge is 0.295 e. The number of amides is 1. The van der Waals surface area contributed by atoms with Crippen LogP contribution < -0.4 is 4.74 Å². The largest absolute Gasteiger partial charge is 0.507 e. The second-order valence-corrected chi connectivity index (χ2v) is 8.96. The van der Waals surface area contributed by atoms with E-state index in [0.717, 1.165) is 44.1 Å². The van der Waals surface area contributed by atoms with Crippen LogP contribution in [0.25, 0.3) is 5.76 Å². The number of unbranched alkanes of at least 4 members (excludes halogenated alkanes) is 1. The van der Waals surface area contributed by atoms with Gasteiger partial charge in [0.1, 0.15) is 11.5 Å². The summed E-state index contributed by atoms with van der Waals surface area (Å²) in [5.41, 5.74) is 4.07. The Kier molecular flexibility index (Phi) is 7.17. The summed E-state index contributed by atoms with van der Waals surface area (Å²) in [6.07, 6.45) is 6.90. The van der Waals surface area contributed by atoms with Crippen LogP contribution in [0.3, 0.4) is 0 Å². The molecular weight excluding hydrogens is 414 g/mol. The van der Waals surface area contributed by atoms with Crippen molar-refractivity contribution < 1.29 is 19.4 Å². The summed E-state index contributed by atoms with van der Waals surface area (Å²) in [5, 5.41) is 11.3. The van der Waals surface area contributed by atoms with Crippen LogP contribution in [0.2, 0.25) is 0 Å². The van der Waals surface area contributed by atoms with Crippen molar-refractivity contribution in [2.75, 3.05) is 13.2 Å². The third-order valence-corrected chi connectivity index (χ3v) is 6.56. The minimum Gasteiger partial charge on any atom is -0.507 e. The second kappa shape index (κ2) is 10.2. The van der Waals surface area contributed by atoms with Crippen molar-refractivity contribution in [2.45, 2.75) is 64.8 Å². The van der Waals surface area contributed by atoms with Gasteiger partial charge in [0.15, 0.2) is 0 Å². The molecule has 174 valence electrons. The number of carbonyl (C=O) groups excluding carboxylic acids is 2. The number of hydrogen-bond donors (Lipinski definition) is 1. The molecule has 1 atom stereocenters. The Labute approximate surface area is 196 Å². The maximum absolute atomic E-state index is 13.2. The Morgan fingerprint density at radius 2 is 1.82 bits per heavy atom. The SMILES string of the molecule is CCCCN1C(=O)C(=O)/C(=C(\O)c2ccc3c(c2)CCCC3)C1c1cccc(OCCC)c1. The number of ether oxygens (including phenoxy) is 1. The van der Waals surface area contributed by atoms with E-state index in [1.54, 1.807) is 4.90 Å². The minimum atomic E-state index is -0.627. The molecule has 33 heavy (non-hydrogen) atoms. The first-order chi connectivity index (χ1) is 16.0. The number of fused-ring (bicyclic) bond motifs is 1. The first-order valence-electron chi connectivity index (χ1n) is 12.2. The maximum atomic E-state index is 13.2. The summed E-state index contributed by atoms with van der Waals surface area (Å²) < 4.78 is 5.80. The van der Waals surface area contributed by atoms with E-state index < -0.39 is 17.7 Å². The fourth-order valence-corrected chi connectivity index (χ4v) is 4.82. The highest BCUT2D eigenvalue weighted by Crippen LogP contribution is 2.40. The zero-order valence-corrected chi connectivity index (χ0v) is 19.6. The van der Waals surface area contributed by atoms with E-state index >= 15 is 0 Å². The lowest BCUT2D eigenvalue weighted by molar-refractivity contribution is -0.139. The standard InChI is InChI=1S/C28H33NO4/c1-3-5-15-29-25(21-11-8-12-23(18-21)33-16-4-2)24(27(31)28(29)32)26(30)22-14-13-19-9-6-7-10-20(19)17-22/h8,11-14,17-18,25,30H,3-7,9-10,15-16H2,1-2H3/b26-24-. The molecule has 4 rings (SSSR count). The molecule has 2 aromatic rings. The van der Waals surface area contributed by atoms with Gasteiger partial charge in [0.05, 0.1) is 18.2 Å². The van der Waals surface area contributed by atoms with Gasteiger partial charge >= 0.3 is 0 Å². The van der Waals surface area contributed by atoms with Crippen molar-refractivity contribution in [1.29, 1.82) is 0 Å². The van der Waals surface area contributed by atoms with Crippen LogP contribution in [0.4, 0.5) is 0 Å². The van der Waals surface area contributed by atoms with E-state index in [2.05, 4.69) is 6.92 Å². The molecule has 5 heteroatoms. The molecule has 0 aromatic heterocycles. The molecule has 1 saturated heterocycles. The second-order valence-electron chi connectivity index (χ2n) is 8.96.